The Morgan fingerprint density at radius 3 is 2.54 bits per heavy atom. The summed E-state index contributed by atoms with van der Waals surface area (Å²) in [5.74, 6) is -0.239. The molecule has 1 heterocycles. The minimum absolute atomic E-state index is 0. The third-order valence-electron chi connectivity index (χ3n) is 6.56. The maximum absolute atomic E-state index is 12.6. The standard InChI is InChI=1S/C27H26N4O7.CH4/c1-2-11-31(17-6-3-15(4-7-17)25(35)29-20(27(37)38)8-10-24(33)34)22-9-5-16-12-21-19(13-18(16)22)26(36)30-23(14-32)28-21;/h1,3-4,6-7,12-13,20,22,32H,5,8-11,14H2,(H,29,35)(H,33,34)(H,37,38)(H,28,30,36);1H4/t20-,22?;/m0./s1. The van der Waals surface area contributed by atoms with Crippen LogP contribution in [0.25, 0.3) is 10.9 Å². The number of aromatic nitrogens is 2. The topological polar surface area (TPSA) is 173 Å². The number of fused-ring (bicyclic) bond motifs is 2. The molecular weight excluding hydrogens is 504 g/mol. The van der Waals surface area contributed by atoms with E-state index >= 15 is 0 Å². The number of nitrogens with one attached hydrogen (secondary N) is 2. The number of carbonyl (C=O) groups excluding carboxylic acids is 1. The molecular formula is C28H30N4O7. The molecule has 39 heavy (non-hydrogen) atoms. The summed E-state index contributed by atoms with van der Waals surface area (Å²) in [6, 6.07) is 8.73. The smallest absolute Gasteiger partial charge is 0.326 e. The second-order valence-electron chi connectivity index (χ2n) is 8.97. The minimum atomic E-state index is -1.33. The molecule has 1 unspecified atom stereocenters. The minimum Gasteiger partial charge on any atom is -0.481 e. The van der Waals surface area contributed by atoms with Gasteiger partial charge in [0.05, 0.1) is 23.5 Å². The summed E-state index contributed by atoms with van der Waals surface area (Å²) in [5, 5.41) is 30.2. The lowest BCUT2D eigenvalue weighted by Crippen LogP contribution is -2.41. The summed E-state index contributed by atoms with van der Waals surface area (Å²) in [7, 11) is 0. The Kier molecular flexibility index (Phi) is 9.06. The Hall–Kier alpha value is -4.69. The molecule has 0 aliphatic heterocycles. The molecule has 11 nitrogen and oxygen atoms in total. The van der Waals surface area contributed by atoms with Crippen molar-refractivity contribution in [3.8, 4) is 12.3 Å². The first-order chi connectivity index (χ1) is 18.2. The fourth-order valence-electron chi connectivity index (χ4n) is 4.72. The quantitative estimate of drug-likeness (QED) is 0.244. The van der Waals surface area contributed by atoms with Gasteiger partial charge in [0, 0.05) is 17.7 Å². The maximum atomic E-state index is 12.6. The molecule has 4 rings (SSSR count). The summed E-state index contributed by atoms with van der Waals surface area (Å²) < 4.78 is 0. The number of carbonyl (C=O) groups is 3. The summed E-state index contributed by atoms with van der Waals surface area (Å²) in [6.07, 6.45) is 6.53. The predicted octanol–water partition coefficient (Wildman–Crippen LogP) is 2.23. The van der Waals surface area contributed by atoms with Crippen LogP contribution in [0.5, 0.6) is 0 Å². The van der Waals surface area contributed by atoms with Gasteiger partial charge in [0.2, 0.25) is 0 Å². The normalized spacial score (nSPS) is 14.5. The second-order valence-corrected chi connectivity index (χ2v) is 8.97. The van der Waals surface area contributed by atoms with Gasteiger partial charge in [-0.25, -0.2) is 9.78 Å². The van der Waals surface area contributed by atoms with Gasteiger partial charge in [0.1, 0.15) is 18.5 Å². The first kappa shape index (κ1) is 28.9. The SMILES string of the molecule is C.C#CCN(c1ccc(C(=O)N[C@@H](CCC(=O)O)C(=O)O)cc1)C1CCc2cc3nc(CO)[nH]c(=O)c3cc21. The molecule has 0 bridgehead atoms. The van der Waals surface area contributed by atoms with Crippen molar-refractivity contribution in [1.29, 1.82) is 0 Å². The summed E-state index contributed by atoms with van der Waals surface area (Å²) in [4.78, 5) is 56.3. The Labute approximate surface area is 224 Å². The van der Waals surface area contributed by atoms with E-state index in [9.17, 15) is 29.4 Å². The molecule has 2 atom stereocenters. The number of hydrogen-bond donors (Lipinski definition) is 5. The molecule has 0 fully saturated rings. The highest BCUT2D eigenvalue weighted by molar-refractivity contribution is 5.97. The number of rotatable bonds is 10. The van der Waals surface area contributed by atoms with E-state index in [2.05, 4.69) is 21.2 Å². The van der Waals surface area contributed by atoms with Crippen LogP contribution in [0, 0.1) is 12.3 Å². The molecule has 11 heteroatoms. The molecule has 0 radical (unpaired) electrons. The number of benzene rings is 2. The van der Waals surface area contributed by atoms with Gasteiger partial charge < -0.3 is 30.5 Å². The van der Waals surface area contributed by atoms with Gasteiger partial charge >= 0.3 is 11.9 Å². The predicted molar refractivity (Wildman–Crippen MR) is 144 cm³/mol. The zero-order valence-electron chi connectivity index (χ0n) is 20.3. The highest BCUT2D eigenvalue weighted by Crippen LogP contribution is 2.39. The number of amides is 1. The fraction of sp³-hybridized carbons (Fsp3) is 0.321. The van der Waals surface area contributed by atoms with Gasteiger partial charge in [0.15, 0.2) is 0 Å². The molecule has 1 aromatic heterocycles. The number of terminal acetylenes is 1. The van der Waals surface area contributed by atoms with E-state index in [1.165, 1.54) is 0 Å². The van der Waals surface area contributed by atoms with Crippen molar-refractivity contribution in [2.45, 2.75) is 51.8 Å². The largest absolute Gasteiger partial charge is 0.481 e. The molecule has 1 aliphatic rings. The molecule has 204 valence electrons. The third-order valence-corrected chi connectivity index (χ3v) is 6.56. The molecule has 1 amide bonds. The van der Waals surface area contributed by atoms with Gasteiger partial charge in [-0.3, -0.25) is 14.4 Å². The van der Waals surface area contributed by atoms with Crippen molar-refractivity contribution >= 4 is 34.4 Å². The van der Waals surface area contributed by atoms with Crippen LogP contribution >= 0.6 is 0 Å². The molecule has 1 aliphatic carbocycles. The molecule has 0 saturated heterocycles. The lowest BCUT2D eigenvalue weighted by Gasteiger charge is -2.30. The van der Waals surface area contributed by atoms with Crippen LogP contribution in [-0.4, -0.2) is 55.7 Å². The summed E-state index contributed by atoms with van der Waals surface area (Å²) >= 11 is 0. The Balaban J connectivity index is 0.00000420. The van der Waals surface area contributed by atoms with E-state index in [-0.39, 0.29) is 56.4 Å². The van der Waals surface area contributed by atoms with E-state index < -0.39 is 23.9 Å². The van der Waals surface area contributed by atoms with Crippen molar-refractivity contribution in [1.82, 2.24) is 15.3 Å². The summed E-state index contributed by atoms with van der Waals surface area (Å²) in [5.41, 5.74) is 3.10. The molecule has 3 aromatic rings. The first-order valence-electron chi connectivity index (χ1n) is 11.9. The average molecular weight is 535 g/mol. The van der Waals surface area contributed by atoms with Gasteiger partial charge in [-0.15, -0.1) is 6.42 Å². The van der Waals surface area contributed by atoms with Crippen LogP contribution in [0.2, 0.25) is 0 Å². The highest BCUT2D eigenvalue weighted by Gasteiger charge is 2.29. The average Bonchev–Trinajstić information content (AvgIpc) is 3.30. The number of aromatic amines is 1. The zero-order chi connectivity index (χ0) is 27.4. The zero-order valence-corrected chi connectivity index (χ0v) is 20.3. The molecule has 0 saturated carbocycles. The molecule has 2 aromatic carbocycles. The number of hydrogen-bond acceptors (Lipinski definition) is 7. The number of carboxylic acids is 2. The van der Waals surface area contributed by atoms with Crippen molar-refractivity contribution in [3.63, 3.8) is 0 Å². The van der Waals surface area contributed by atoms with Gasteiger partial charge in [-0.2, -0.15) is 0 Å². The summed E-state index contributed by atoms with van der Waals surface area (Å²) in [6.45, 7) is -0.101. The van der Waals surface area contributed by atoms with Crippen LogP contribution in [0.4, 0.5) is 5.69 Å². The van der Waals surface area contributed by atoms with Gasteiger partial charge in [0.25, 0.3) is 11.5 Å². The number of anilines is 1. The number of H-pyrrole nitrogens is 1. The van der Waals surface area contributed by atoms with Crippen molar-refractivity contribution in [3.05, 3.63) is 69.3 Å². The van der Waals surface area contributed by atoms with E-state index in [1.54, 1.807) is 24.3 Å². The van der Waals surface area contributed by atoms with Crippen LogP contribution < -0.4 is 15.8 Å². The van der Waals surface area contributed by atoms with Crippen LogP contribution in [-0.2, 0) is 22.6 Å². The monoisotopic (exact) mass is 534 g/mol. The lowest BCUT2D eigenvalue weighted by molar-refractivity contribution is -0.140. The number of carboxylic acid groups (broad SMARTS) is 2. The van der Waals surface area contributed by atoms with E-state index in [4.69, 9.17) is 11.5 Å². The Morgan fingerprint density at radius 1 is 1.21 bits per heavy atom. The Morgan fingerprint density at radius 2 is 1.92 bits per heavy atom. The number of nitrogens with zero attached hydrogens (tertiary/aromatic N) is 2. The van der Waals surface area contributed by atoms with E-state index in [1.807, 2.05) is 17.0 Å². The number of aliphatic hydroxyl groups is 1. The first-order valence-corrected chi connectivity index (χ1v) is 11.9. The highest BCUT2D eigenvalue weighted by atomic mass is 16.4. The molecule has 5 N–H and O–H groups in total. The van der Waals surface area contributed by atoms with Crippen molar-refractivity contribution in [2.24, 2.45) is 0 Å². The van der Waals surface area contributed by atoms with Crippen LogP contribution in [0.3, 0.4) is 0 Å². The fourth-order valence-corrected chi connectivity index (χ4v) is 4.72. The molecule has 0 spiro atoms. The second kappa shape index (κ2) is 12.2. The number of aryl methyl sites for hydroxylation is 1. The van der Waals surface area contributed by atoms with Crippen molar-refractivity contribution in [2.75, 3.05) is 11.4 Å². The van der Waals surface area contributed by atoms with Crippen LogP contribution in [0.15, 0.2) is 41.2 Å². The van der Waals surface area contributed by atoms with E-state index in [0.717, 1.165) is 29.7 Å². The maximum Gasteiger partial charge on any atom is 0.326 e. The number of aliphatic carboxylic acids is 2. The van der Waals surface area contributed by atoms with E-state index in [0.29, 0.717) is 10.9 Å². The Bertz CT molecular complexity index is 1490. The van der Waals surface area contributed by atoms with Crippen LogP contribution in [0.1, 0.15) is 60.0 Å². The lowest BCUT2D eigenvalue weighted by atomic mass is 10.0. The van der Waals surface area contributed by atoms with Gasteiger partial charge in [-0.05, 0) is 66.8 Å². The van der Waals surface area contributed by atoms with Crippen molar-refractivity contribution < 1.29 is 29.7 Å². The number of aliphatic hydroxyl groups excluding tert-OH is 1. The third kappa shape index (κ3) is 6.25. The van der Waals surface area contributed by atoms with Gasteiger partial charge in [-0.1, -0.05) is 13.3 Å².